The number of carboxylic acid groups (broad SMARTS) is 1. The molecule has 0 spiro atoms. The molecule has 0 bridgehead atoms. The summed E-state index contributed by atoms with van der Waals surface area (Å²) in [6.45, 7) is 0. The first-order valence-corrected chi connectivity index (χ1v) is 7.28. The fourth-order valence-corrected chi connectivity index (χ4v) is 2.25. The number of hydrogen-bond donors (Lipinski definition) is 2. The fourth-order valence-electron chi connectivity index (χ4n) is 2.25. The van der Waals surface area contributed by atoms with Crippen LogP contribution in [0.4, 0.5) is 15.9 Å². The van der Waals surface area contributed by atoms with Crippen LogP contribution < -0.4 is 5.32 Å². The first-order chi connectivity index (χ1) is 11.5. The van der Waals surface area contributed by atoms with E-state index < -0.39 is 22.4 Å². The lowest BCUT2D eigenvalue weighted by Gasteiger charge is -2.19. The molecule has 0 aliphatic heterocycles. The minimum atomic E-state index is -0.952. The van der Waals surface area contributed by atoms with E-state index in [1.165, 1.54) is 0 Å². The molecule has 8 heteroatoms. The summed E-state index contributed by atoms with van der Waals surface area (Å²) in [5, 5.41) is 22.3. The van der Waals surface area contributed by atoms with Crippen molar-refractivity contribution in [2.24, 2.45) is 0 Å². The van der Waals surface area contributed by atoms with Crippen LogP contribution in [0.25, 0.3) is 0 Å². The number of pyridine rings is 1. The van der Waals surface area contributed by atoms with Crippen molar-refractivity contribution in [1.29, 1.82) is 0 Å². The fraction of sp³-hybridized carbons (Fsp3) is 0.250. The van der Waals surface area contributed by atoms with Gasteiger partial charge < -0.3 is 10.4 Å². The van der Waals surface area contributed by atoms with Gasteiger partial charge in [-0.2, -0.15) is 0 Å². The number of rotatable bonds is 8. The van der Waals surface area contributed by atoms with Crippen LogP contribution in [0.5, 0.6) is 0 Å². The zero-order chi connectivity index (χ0) is 17.5. The van der Waals surface area contributed by atoms with E-state index >= 15 is 0 Å². The highest BCUT2D eigenvalue weighted by atomic mass is 19.1. The SMILES string of the molecule is O=C(O)CCC(Cc1ccccc1)Nc1ncc([N+](=O)[O-])cc1F. The number of carboxylic acids is 1. The molecule has 0 fully saturated rings. The number of anilines is 1. The first-order valence-electron chi connectivity index (χ1n) is 7.28. The van der Waals surface area contributed by atoms with E-state index in [0.29, 0.717) is 6.42 Å². The Kier molecular flexibility index (Phi) is 5.78. The van der Waals surface area contributed by atoms with Crippen LogP contribution in [0.15, 0.2) is 42.6 Å². The molecule has 1 aromatic carbocycles. The third-order valence-electron chi connectivity index (χ3n) is 3.41. The van der Waals surface area contributed by atoms with Crippen molar-refractivity contribution in [3.63, 3.8) is 0 Å². The Hall–Kier alpha value is -3.03. The van der Waals surface area contributed by atoms with Crippen LogP contribution >= 0.6 is 0 Å². The quantitative estimate of drug-likeness (QED) is 0.568. The van der Waals surface area contributed by atoms with Crippen LogP contribution in [0.1, 0.15) is 18.4 Å². The normalized spacial score (nSPS) is 11.7. The van der Waals surface area contributed by atoms with E-state index in [0.717, 1.165) is 17.8 Å². The van der Waals surface area contributed by atoms with E-state index in [2.05, 4.69) is 10.3 Å². The molecule has 0 saturated carbocycles. The molecule has 2 N–H and O–H groups in total. The van der Waals surface area contributed by atoms with Gasteiger partial charge in [0.25, 0.3) is 5.69 Å². The highest BCUT2D eigenvalue weighted by molar-refractivity contribution is 5.66. The van der Waals surface area contributed by atoms with Gasteiger partial charge in [0.1, 0.15) is 6.20 Å². The second kappa shape index (κ2) is 8.00. The second-order valence-electron chi connectivity index (χ2n) is 5.24. The molecule has 126 valence electrons. The second-order valence-corrected chi connectivity index (χ2v) is 5.24. The molecule has 2 rings (SSSR count). The molecular weight excluding hydrogens is 317 g/mol. The minimum Gasteiger partial charge on any atom is -0.481 e. The third kappa shape index (κ3) is 5.01. The van der Waals surface area contributed by atoms with E-state index in [-0.39, 0.29) is 24.7 Å². The summed E-state index contributed by atoms with van der Waals surface area (Å²) in [5.41, 5.74) is 0.519. The maximum atomic E-state index is 14.0. The highest BCUT2D eigenvalue weighted by Crippen LogP contribution is 2.20. The first kappa shape index (κ1) is 17.3. The predicted octanol–water partition coefficient (Wildman–Crippen LogP) is 3.02. The average Bonchev–Trinajstić information content (AvgIpc) is 2.55. The van der Waals surface area contributed by atoms with Crippen molar-refractivity contribution < 1.29 is 19.2 Å². The largest absolute Gasteiger partial charge is 0.481 e. The Balaban J connectivity index is 2.14. The van der Waals surface area contributed by atoms with Crippen molar-refractivity contribution in [2.45, 2.75) is 25.3 Å². The highest BCUT2D eigenvalue weighted by Gasteiger charge is 2.17. The zero-order valence-corrected chi connectivity index (χ0v) is 12.7. The third-order valence-corrected chi connectivity index (χ3v) is 3.41. The van der Waals surface area contributed by atoms with E-state index in [1.54, 1.807) is 0 Å². The maximum Gasteiger partial charge on any atom is 0.303 e. The number of aromatic nitrogens is 1. The summed E-state index contributed by atoms with van der Waals surface area (Å²) in [6.07, 6.45) is 1.62. The number of carbonyl (C=O) groups is 1. The number of hydrogen-bond acceptors (Lipinski definition) is 5. The summed E-state index contributed by atoms with van der Waals surface area (Å²) in [4.78, 5) is 24.4. The number of nitrogens with one attached hydrogen (secondary N) is 1. The monoisotopic (exact) mass is 333 g/mol. The number of nitrogens with zero attached hydrogens (tertiary/aromatic N) is 2. The standard InChI is InChI=1S/C16H16FN3O4/c17-14-9-13(20(23)24)10-18-16(14)19-12(6-7-15(21)22)8-11-4-2-1-3-5-11/h1-5,9-10,12H,6-8H2,(H,18,19)(H,21,22). The van der Waals surface area contributed by atoms with E-state index in [4.69, 9.17) is 5.11 Å². The average molecular weight is 333 g/mol. The van der Waals surface area contributed by atoms with Gasteiger partial charge in [0, 0.05) is 12.5 Å². The molecule has 1 aromatic heterocycles. The Labute approximate surface area is 137 Å². The van der Waals surface area contributed by atoms with Gasteiger partial charge in [-0.05, 0) is 18.4 Å². The van der Waals surface area contributed by atoms with Gasteiger partial charge in [-0.3, -0.25) is 14.9 Å². The van der Waals surface area contributed by atoms with Gasteiger partial charge >= 0.3 is 5.97 Å². The number of nitro groups is 1. The molecule has 0 amide bonds. The molecule has 0 radical (unpaired) electrons. The van der Waals surface area contributed by atoms with Crippen molar-refractivity contribution >= 4 is 17.5 Å². The van der Waals surface area contributed by atoms with Gasteiger partial charge in [-0.1, -0.05) is 30.3 Å². The number of halogens is 1. The zero-order valence-electron chi connectivity index (χ0n) is 12.7. The lowest BCUT2D eigenvalue weighted by molar-refractivity contribution is -0.385. The Bertz CT molecular complexity index is 725. The molecular formula is C16H16FN3O4. The molecule has 0 saturated heterocycles. The van der Waals surface area contributed by atoms with Crippen LogP contribution in [0.2, 0.25) is 0 Å². The Morgan fingerprint density at radius 1 is 1.38 bits per heavy atom. The topological polar surface area (TPSA) is 105 Å². The summed E-state index contributed by atoms with van der Waals surface area (Å²) in [7, 11) is 0. The van der Waals surface area contributed by atoms with Gasteiger partial charge in [-0.15, -0.1) is 0 Å². The van der Waals surface area contributed by atoms with E-state index in [1.807, 2.05) is 30.3 Å². The van der Waals surface area contributed by atoms with E-state index in [9.17, 15) is 19.3 Å². The molecule has 0 aliphatic rings. The predicted molar refractivity (Wildman–Crippen MR) is 85.3 cm³/mol. The summed E-state index contributed by atoms with van der Waals surface area (Å²) in [6, 6.07) is 9.76. The molecule has 1 heterocycles. The summed E-state index contributed by atoms with van der Waals surface area (Å²) in [5.74, 6) is -1.93. The number of aliphatic carboxylic acids is 1. The van der Waals surface area contributed by atoms with Gasteiger partial charge in [0.2, 0.25) is 0 Å². The van der Waals surface area contributed by atoms with Gasteiger partial charge in [0.05, 0.1) is 11.0 Å². The molecule has 0 aliphatic carbocycles. The van der Waals surface area contributed by atoms with Crippen molar-refractivity contribution in [3.05, 3.63) is 64.1 Å². The van der Waals surface area contributed by atoms with Crippen molar-refractivity contribution in [1.82, 2.24) is 4.98 Å². The number of benzene rings is 1. The molecule has 7 nitrogen and oxygen atoms in total. The van der Waals surface area contributed by atoms with Crippen LogP contribution in [-0.2, 0) is 11.2 Å². The maximum absolute atomic E-state index is 14.0. The van der Waals surface area contributed by atoms with Crippen LogP contribution in [0, 0.1) is 15.9 Å². The molecule has 1 unspecified atom stereocenters. The van der Waals surface area contributed by atoms with Crippen molar-refractivity contribution in [2.75, 3.05) is 5.32 Å². The van der Waals surface area contributed by atoms with Crippen LogP contribution in [-0.4, -0.2) is 27.0 Å². The molecule has 24 heavy (non-hydrogen) atoms. The Morgan fingerprint density at radius 3 is 2.67 bits per heavy atom. The minimum absolute atomic E-state index is 0.0842. The smallest absolute Gasteiger partial charge is 0.303 e. The molecule has 1 atom stereocenters. The molecule has 2 aromatic rings. The lowest BCUT2D eigenvalue weighted by atomic mass is 10.0. The van der Waals surface area contributed by atoms with Crippen molar-refractivity contribution in [3.8, 4) is 0 Å². The van der Waals surface area contributed by atoms with Crippen LogP contribution in [0.3, 0.4) is 0 Å². The lowest BCUT2D eigenvalue weighted by Crippen LogP contribution is -2.24. The van der Waals surface area contributed by atoms with Gasteiger partial charge in [0.15, 0.2) is 11.6 Å². The summed E-state index contributed by atoms with van der Waals surface area (Å²) < 4.78 is 14.0. The summed E-state index contributed by atoms with van der Waals surface area (Å²) >= 11 is 0. The Morgan fingerprint density at radius 2 is 2.08 bits per heavy atom. The van der Waals surface area contributed by atoms with Gasteiger partial charge in [-0.25, -0.2) is 9.37 Å².